The summed E-state index contributed by atoms with van der Waals surface area (Å²) in [6.45, 7) is 6.24. The first-order valence-corrected chi connectivity index (χ1v) is 7.61. The Kier molecular flexibility index (Phi) is 4.63. The third-order valence-corrected chi connectivity index (χ3v) is 4.01. The molecule has 0 fully saturated rings. The Bertz CT molecular complexity index is 588. The quantitative estimate of drug-likeness (QED) is 0.840. The second kappa shape index (κ2) is 6.26. The van der Waals surface area contributed by atoms with Gasteiger partial charge in [-0.05, 0) is 41.1 Å². The maximum Gasteiger partial charge on any atom is 0.319 e. The molecule has 1 aromatic carbocycles. The number of urea groups is 1. The molecule has 2 amide bonds. The van der Waals surface area contributed by atoms with Crippen LogP contribution in [0, 0.1) is 11.2 Å². The van der Waals surface area contributed by atoms with Crippen LogP contribution in [-0.4, -0.2) is 6.03 Å². The Morgan fingerprint density at radius 2 is 1.86 bits per heavy atom. The molecule has 0 spiro atoms. The average molecular weight is 306 g/mol. The molecule has 1 unspecified atom stereocenters. The molecule has 1 aromatic heterocycles. The van der Waals surface area contributed by atoms with Crippen molar-refractivity contribution in [1.29, 1.82) is 0 Å². The molecule has 0 bridgehead atoms. The van der Waals surface area contributed by atoms with Crippen LogP contribution in [0.2, 0.25) is 0 Å². The molecule has 1 heterocycles. The summed E-state index contributed by atoms with van der Waals surface area (Å²) in [6, 6.07) is 9.30. The fourth-order valence-corrected chi connectivity index (χ4v) is 3.02. The van der Waals surface area contributed by atoms with E-state index >= 15 is 0 Å². The molecule has 21 heavy (non-hydrogen) atoms. The van der Waals surface area contributed by atoms with Gasteiger partial charge >= 0.3 is 6.03 Å². The number of rotatable bonds is 3. The zero-order valence-corrected chi connectivity index (χ0v) is 13.1. The first-order chi connectivity index (χ1) is 9.86. The maximum absolute atomic E-state index is 12.8. The lowest BCUT2D eigenvalue weighted by Gasteiger charge is -2.30. The molecule has 0 radical (unpaired) electrons. The summed E-state index contributed by atoms with van der Waals surface area (Å²) in [4.78, 5) is 13.2. The molecule has 2 N–H and O–H groups in total. The SMILES string of the molecule is CC(C)(C)C(NC(=O)Nc1ccc(F)cc1)c1cccs1. The Labute approximate surface area is 128 Å². The van der Waals surface area contributed by atoms with Gasteiger partial charge in [0.1, 0.15) is 5.82 Å². The lowest BCUT2D eigenvalue weighted by atomic mass is 9.86. The number of halogens is 1. The molecule has 2 aromatic rings. The fourth-order valence-electron chi connectivity index (χ4n) is 2.00. The van der Waals surface area contributed by atoms with Gasteiger partial charge in [-0.15, -0.1) is 11.3 Å². The van der Waals surface area contributed by atoms with E-state index in [2.05, 4.69) is 31.4 Å². The summed E-state index contributed by atoms with van der Waals surface area (Å²) in [7, 11) is 0. The van der Waals surface area contributed by atoms with Gasteiger partial charge in [0, 0.05) is 10.6 Å². The van der Waals surface area contributed by atoms with Crippen LogP contribution in [0.4, 0.5) is 14.9 Å². The highest BCUT2D eigenvalue weighted by atomic mass is 32.1. The first kappa shape index (κ1) is 15.5. The summed E-state index contributed by atoms with van der Waals surface area (Å²) >= 11 is 1.62. The number of anilines is 1. The van der Waals surface area contributed by atoms with Crippen molar-refractivity contribution >= 4 is 23.1 Å². The van der Waals surface area contributed by atoms with Gasteiger partial charge in [-0.3, -0.25) is 0 Å². The first-order valence-electron chi connectivity index (χ1n) is 6.73. The van der Waals surface area contributed by atoms with Crippen molar-refractivity contribution in [3.05, 3.63) is 52.5 Å². The van der Waals surface area contributed by atoms with E-state index in [1.165, 1.54) is 24.3 Å². The van der Waals surface area contributed by atoms with Gasteiger partial charge in [-0.1, -0.05) is 26.8 Å². The molecule has 5 heteroatoms. The molecule has 3 nitrogen and oxygen atoms in total. The number of thiophene rings is 1. The molecule has 1 atom stereocenters. The monoisotopic (exact) mass is 306 g/mol. The number of nitrogens with one attached hydrogen (secondary N) is 2. The summed E-state index contributed by atoms with van der Waals surface area (Å²) in [5.74, 6) is -0.327. The van der Waals surface area contributed by atoms with Crippen molar-refractivity contribution in [2.24, 2.45) is 5.41 Å². The van der Waals surface area contributed by atoms with Crippen LogP contribution in [0.1, 0.15) is 31.7 Å². The lowest BCUT2D eigenvalue weighted by Crippen LogP contribution is -2.38. The predicted molar refractivity (Wildman–Crippen MR) is 85.1 cm³/mol. The van der Waals surface area contributed by atoms with Crippen LogP contribution in [-0.2, 0) is 0 Å². The van der Waals surface area contributed by atoms with E-state index in [9.17, 15) is 9.18 Å². The van der Waals surface area contributed by atoms with E-state index < -0.39 is 0 Å². The van der Waals surface area contributed by atoms with Gasteiger partial charge in [-0.2, -0.15) is 0 Å². The van der Waals surface area contributed by atoms with Gasteiger partial charge in [-0.25, -0.2) is 9.18 Å². The van der Waals surface area contributed by atoms with E-state index in [0.717, 1.165) is 4.88 Å². The van der Waals surface area contributed by atoms with Gasteiger partial charge < -0.3 is 10.6 Å². The molecular formula is C16H19FN2OS. The number of carbonyl (C=O) groups is 1. The van der Waals surface area contributed by atoms with E-state index in [-0.39, 0.29) is 23.3 Å². The molecule has 0 saturated carbocycles. The lowest BCUT2D eigenvalue weighted by molar-refractivity contribution is 0.230. The van der Waals surface area contributed by atoms with Crippen molar-refractivity contribution in [3.63, 3.8) is 0 Å². The third kappa shape index (κ3) is 4.29. The fraction of sp³-hybridized carbons (Fsp3) is 0.312. The largest absolute Gasteiger partial charge is 0.330 e. The Morgan fingerprint density at radius 1 is 1.19 bits per heavy atom. The van der Waals surface area contributed by atoms with Crippen LogP contribution in [0.25, 0.3) is 0 Å². The number of hydrogen-bond acceptors (Lipinski definition) is 2. The normalized spacial score (nSPS) is 12.8. The van der Waals surface area contributed by atoms with Gasteiger partial charge in [0.25, 0.3) is 0 Å². The van der Waals surface area contributed by atoms with Gasteiger partial charge in [0.15, 0.2) is 0 Å². The second-order valence-electron chi connectivity index (χ2n) is 5.92. The standard InChI is InChI=1S/C16H19FN2OS/c1-16(2,3)14(13-5-4-10-21-13)19-15(20)18-12-8-6-11(17)7-9-12/h4-10,14H,1-3H3,(H2,18,19,20). The van der Waals surface area contributed by atoms with Crippen molar-refractivity contribution < 1.29 is 9.18 Å². The minimum atomic E-state index is -0.327. The van der Waals surface area contributed by atoms with Gasteiger partial charge in [0.2, 0.25) is 0 Å². The molecule has 0 saturated heterocycles. The summed E-state index contributed by atoms with van der Waals surface area (Å²) in [6.07, 6.45) is 0. The zero-order valence-electron chi connectivity index (χ0n) is 12.3. The molecule has 0 aliphatic carbocycles. The zero-order chi connectivity index (χ0) is 15.5. The number of amides is 2. The molecule has 112 valence electrons. The maximum atomic E-state index is 12.8. The molecule has 0 aliphatic rings. The molecule has 0 aliphatic heterocycles. The Hall–Kier alpha value is -1.88. The highest BCUT2D eigenvalue weighted by molar-refractivity contribution is 7.10. The minimum Gasteiger partial charge on any atom is -0.330 e. The Balaban J connectivity index is 2.07. The van der Waals surface area contributed by atoms with Crippen molar-refractivity contribution in [2.75, 3.05) is 5.32 Å². The smallest absolute Gasteiger partial charge is 0.319 e. The van der Waals surface area contributed by atoms with E-state index in [1.807, 2.05) is 17.5 Å². The van der Waals surface area contributed by atoms with Crippen LogP contribution < -0.4 is 10.6 Å². The van der Waals surface area contributed by atoms with Crippen LogP contribution in [0.3, 0.4) is 0 Å². The Morgan fingerprint density at radius 3 is 2.38 bits per heavy atom. The molecule has 2 rings (SSSR count). The number of hydrogen-bond donors (Lipinski definition) is 2. The van der Waals surface area contributed by atoms with Crippen LogP contribution in [0.15, 0.2) is 41.8 Å². The van der Waals surface area contributed by atoms with Crippen molar-refractivity contribution in [3.8, 4) is 0 Å². The number of carbonyl (C=O) groups excluding carboxylic acids is 1. The van der Waals surface area contributed by atoms with Crippen molar-refractivity contribution in [2.45, 2.75) is 26.8 Å². The van der Waals surface area contributed by atoms with Crippen LogP contribution in [0.5, 0.6) is 0 Å². The van der Waals surface area contributed by atoms with Crippen molar-refractivity contribution in [1.82, 2.24) is 5.32 Å². The van der Waals surface area contributed by atoms with Gasteiger partial charge in [0.05, 0.1) is 6.04 Å². The topological polar surface area (TPSA) is 41.1 Å². The van der Waals surface area contributed by atoms with Crippen LogP contribution >= 0.6 is 11.3 Å². The number of benzene rings is 1. The third-order valence-electron chi connectivity index (χ3n) is 3.07. The summed E-state index contributed by atoms with van der Waals surface area (Å²) in [5.41, 5.74) is 0.457. The average Bonchev–Trinajstić information content (AvgIpc) is 2.91. The highest BCUT2D eigenvalue weighted by Gasteiger charge is 2.28. The summed E-state index contributed by atoms with van der Waals surface area (Å²) < 4.78 is 12.8. The predicted octanol–water partition coefficient (Wildman–Crippen LogP) is 4.80. The van der Waals surface area contributed by atoms with E-state index in [1.54, 1.807) is 11.3 Å². The summed E-state index contributed by atoms with van der Waals surface area (Å²) in [5, 5.41) is 7.70. The van der Waals surface area contributed by atoms with E-state index in [0.29, 0.717) is 5.69 Å². The minimum absolute atomic E-state index is 0.0852. The van der Waals surface area contributed by atoms with E-state index in [4.69, 9.17) is 0 Å². The second-order valence-corrected chi connectivity index (χ2v) is 6.90. The molecular weight excluding hydrogens is 287 g/mol. The highest BCUT2D eigenvalue weighted by Crippen LogP contribution is 2.35.